The molecule has 0 aromatic heterocycles. The number of amides is 1. The van der Waals surface area contributed by atoms with Crippen LogP contribution in [0.5, 0.6) is 0 Å². The van der Waals surface area contributed by atoms with Gasteiger partial charge < -0.3 is 5.32 Å². The van der Waals surface area contributed by atoms with Crippen molar-refractivity contribution in [3.8, 4) is 0 Å². The third-order valence-electron chi connectivity index (χ3n) is 4.48. The Balaban J connectivity index is 1.82. The van der Waals surface area contributed by atoms with Crippen LogP contribution in [0.25, 0.3) is 0 Å². The Morgan fingerprint density at radius 1 is 1.00 bits per heavy atom. The highest BCUT2D eigenvalue weighted by molar-refractivity contribution is 7.92. The largest absolute Gasteiger partial charge is 0.321 e. The normalized spacial score (nSPS) is 11.1. The van der Waals surface area contributed by atoms with E-state index in [2.05, 4.69) is 10.0 Å². The van der Waals surface area contributed by atoms with Crippen molar-refractivity contribution in [3.63, 3.8) is 0 Å². The third kappa shape index (κ3) is 4.96. The van der Waals surface area contributed by atoms with Crippen LogP contribution in [-0.4, -0.2) is 14.3 Å². The van der Waals surface area contributed by atoms with E-state index in [1.165, 1.54) is 30.3 Å². The van der Waals surface area contributed by atoms with E-state index in [-0.39, 0.29) is 10.8 Å². The fourth-order valence-corrected chi connectivity index (χ4v) is 4.11. The van der Waals surface area contributed by atoms with Crippen LogP contribution in [0.3, 0.4) is 0 Å². The summed E-state index contributed by atoms with van der Waals surface area (Å²) < 4.78 is 27.6. The summed E-state index contributed by atoms with van der Waals surface area (Å²) in [5.41, 5.74) is 3.45. The van der Waals surface area contributed by atoms with Crippen LogP contribution < -0.4 is 10.0 Å². The first-order chi connectivity index (χ1) is 13.8. The number of nitrogens with one attached hydrogen (secondary N) is 2. The molecule has 0 radical (unpaired) electrons. The molecule has 0 heterocycles. The molecular formula is C22H21ClN2O3S. The summed E-state index contributed by atoms with van der Waals surface area (Å²) in [5, 5.41) is 3.39. The minimum Gasteiger partial charge on any atom is -0.321 e. The van der Waals surface area contributed by atoms with E-state index in [1.807, 2.05) is 32.0 Å². The van der Waals surface area contributed by atoms with E-state index < -0.39 is 10.0 Å². The van der Waals surface area contributed by atoms with Gasteiger partial charge in [-0.15, -0.1) is 0 Å². The SMILES string of the molecule is CCc1cccc(C)c1NC(=O)c1cccc(NS(=O)(=O)c2ccc(Cl)cc2)c1. The fourth-order valence-electron chi connectivity index (χ4n) is 2.94. The molecule has 0 atom stereocenters. The average Bonchev–Trinajstić information content (AvgIpc) is 2.69. The zero-order valence-corrected chi connectivity index (χ0v) is 17.6. The molecule has 3 aromatic carbocycles. The van der Waals surface area contributed by atoms with Crippen LogP contribution in [0.15, 0.2) is 71.6 Å². The zero-order chi connectivity index (χ0) is 21.0. The Morgan fingerprint density at radius 2 is 1.69 bits per heavy atom. The second-order valence-electron chi connectivity index (χ2n) is 6.56. The molecule has 1 amide bonds. The Labute approximate surface area is 175 Å². The van der Waals surface area contributed by atoms with Gasteiger partial charge in [-0.3, -0.25) is 9.52 Å². The summed E-state index contributed by atoms with van der Waals surface area (Å²) in [4.78, 5) is 12.8. The van der Waals surface area contributed by atoms with Crippen molar-refractivity contribution in [2.75, 3.05) is 10.0 Å². The molecule has 5 nitrogen and oxygen atoms in total. The lowest BCUT2D eigenvalue weighted by Crippen LogP contribution is -2.16. The number of carbonyl (C=O) groups excluding carboxylic acids is 1. The van der Waals surface area contributed by atoms with Gasteiger partial charge in [0.15, 0.2) is 0 Å². The van der Waals surface area contributed by atoms with Crippen molar-refractivity contribution in [2.24, 2.45) is 0 Å². The fraction of sp³-hybridized carbons (Fsp3) is 0.136. The van der Waals surface area contributed by atoms with Crippen LogP contribution in [0.2, 0.25) is 5.02 Å². The van der Waals surface area contributed by atoms with Crippen molar-refractivity contribution < 1.29 is 13.2 Å². The molecule has 29 heavy (non-hydrogen) atoms. The molecule has 3 rings (SSSR count). The number of halogens is 1. The van der Waals surface area contributed by atoms with Gasteiger partial charge in [-0.25, -0.2) is 8.42 Å². The predicted molar refractivity (Wildman–Crippen MR) is 117 cm³/mol. The maximum atomic E-state index is 12.8. The number of anilines is 2. The minimum atomic E-state index is -3.79. The molecule has 0 saturated heterocycles. The average molecular weight is 429 g/mol. The Kier molecular flexibility index (Phi) is 6.25. The number of aryl methyl sites for hydroxylation is 2. The first-order valence-corrected chi connectivity index (χ1v) is 10.9. The smallest absolute Gasteiger partial charge is 0.261 e. The van der Waals surface area contributed by atoms with Gasteiger partial charge in [0.2, 0.25) is 0 Å². The molecule has 0 unspecified atom stereocenters. The summed E-state index contributed by atoms with van der Waals surface area (Å²) in [6, 6.07) is 18.1. The van der Waals surface area contributed by atoms with Crippen LogP contribution in [0.4, 0.5) is 11.4 Å². The maximum Gasteiger partial charge on any atom is 0.261 e. The summed E-state index contributed by atoms with van der Waals surface area (Å²) in [6.45, 7) is 3.96. The highest BCUT2D eigenvalue weighted by atomic mass is 35.5. The van der Waals surface area contributed by atoms with Crippen LogP contribution in [-0.2, 0) is 16.4 Å². The molecule has 7 heteroatoms. The lowest BCUT2D eigenvalue weighted by Gasteiger charge is -2.14. The number of rotatable bonds is 6. The first kappa shape index (κ1) is 20.9. The Bertz CT molecular complexity index is 1140. The number of hydrogen-bond acceptors (Lipinski definition) is 3. The van der Waals surface area contributed by atoms with Gasteiger partial charge in [0, 0.05) is 22.0 Å². The topological polar surface area (TPSA) is 75.3 Å². The highest BCUT2D eigenvalue weighted by Crippen LogP contribution is 2.23. The summed E-state index contributed by atoms with van der Waals surface area (Å²) in [7, 11) is -3.79. The van der Waals surface area contributed by atoms with Crippen molar-refractivity contribution in [2.45, 2.75) is 25.2 Å². The second-order valence-corrected chi connectivity index (χ2v) is 8.68. The lowest BCUT2D eigenvalue weighted by atomic mass is 10.1. The second kappa shape index (κ2) is 8.68. The molecular weight excluding hydrogens is 408 g/mol. The molecule has 0 aliphatic carbocycles. The van der Waals surface area contributed by atoms with Crippen LogP contribution in [0, 0.1) is 6.92 Å². The van der Waals surface area contributed by atoms with Gasteiger partial charge in [-0.1, -0.05) is 42.8 Å². The van der Waals surface area contributed by atoms with Gasteiger partial charge in [0.1, 0.15) is 0 Å². The van der Waals surface area contributed by atoms with Crippen molar-refractivity contribution in [1.82, 2.24) is 0 Å². The van der Waals surface area contributed by atoms with E-state index in [1.54, 1.807) is 18.2 Å². The van der Waals surface area contributed by atoms with Crippen LogP contribution in [0.1, 0.15) is 28.4 Å². The first-order valence-electron chi connectivity index (χ1n) is 9.08. The molecule has 0 aliphatic heterocycles. The molecule has 0 aliphatic rings. The number of benzene rings is 3. The molecule has 0 bridgehead atoms. The maximum absolute atomic E-state index is 12.8. The minimum absolute atomic E-state index is 0.0873. The standard InChI is InChI=1S/C22H21ClN2O3S/c1-3-16-7-4-6-15(2)21(16)24-22(26)17-8-5-9-19(14-17)25-29(27,28)20-12-10-18(23)11-13-20/h4-14,25H,3H2,1-2H3,(H,24,26). The number of sulfonamides is 1. The number of carbonyl (C=O) groups is 1. The molecule has 150 valence electrons. The molecule has 3 aromatic rings. The summed E-state index contributed by atoms with van der Waals surface area (Å²) in [6.07, 6.45) is 0.790. The van der Waals surface area contributed by atoms with Gasteiger partial charge in [0.25, 0.3) is 15.9 Å². The lowest BCUT2D eigenvalue weighted by molar-refractivity contribution is 0.102. The quantitative estimate of drug-likeness (QED) is 0.562. The molecule has 2 N–H and O–H groups in total. The van der Waals surface area contributed by atoms with Gasteiger partial charge in [-0.05, 0) is 66.9 Å². The van der Waals surface area contributed by atoms with E-state index in [9.17, 15) is 13.2 Å². The van der Waals surface area contributed by atoms with Gasteiger partial charge in [-0.2, -0.15) is 0 Å². The van der Waals surface area contributed by atoms with Crippen molar-refractivity contribution in [1.29, 1.82) is 0 Å². The number of hydrogen-bond donors (Lipinski definition) is 2. The summed E-state index contributed by atoms with van der Waals surface area (Å²) in [5.74, 6) is -0.304. The third-order valence-corrected chi connectivity index (χ3v) is 6.13. The van der Waals surface area contributed by atoms with Gasteiger partial charge >= 0.3 is 0 Å². The van der Waals surface area contributed by atoms with Crippen molar-refractivity contribution in [3.05, 3.63) is 88.4 Å². The highest BCUT2D eigenvalue weighted by Gasteiger charge is 2.16. The monoisotopic (exact) mass is 428 g/mol. The molecule has 0 saturated carbocycles. The Morgan fingerprint density at radius 3 is 2.38 bits per heavy atom. The van der Waals surface area contributed by atoms with E-state index in [0.717, 1.165) is 23.2 Å². The predicted octanol–water partition coefficient (Wildman–Crippen LogP) is 5.26. The van der Waals surface area contributed by atoms with Crippen molar-refractivity contribution >= 4 is 38.9 Å². The van der Waals surface area contributed by atoms with E-state index >= 15 is 0 Å². The molecule has 0 fully saturated rings. The van der Waals surface area contributed by atoms with E-state index in [0.29, 0.717) is 16.3 Å². The zero-order valence-electron chi connectivity index (χ0n) is 16.1. The van der Waals surface area contributed by atoms with E-state index in [4.69, 9.17) is 11.6 Å². The number of para-hydroxylation sites is 1. The van der Waals surface area contributed by atoms with Gasteiger partial charge in [0.05, 0.1) is 4.90 Å². The molecule has 0 spiro atoms. The summed E-state index contributed by atoms with van der Waals surface area (Å²) >= 11 is 5.82. The van der Waals surface area contributed by atoms with Crippen LogP contribution >= 0.6 is 11.6 Å². The Hall–Kier alpha value is -2.83.